The van der Waals surface area contributed by atoms with Gasteiger partial charge in [0.05, 0.1) is 5.02 Å². The summed E-state index contributed by atoms with van der Waals surface area (Å²) in [6, 6.07) is 6.25. The molecule has 112 valence electrons. The highest BCUT2D eigenvalue weighted by Gasteiger charge is 2.11. The van der Waals surface area contributed by atoms with E-state index in [4.69, 9.17) is 16.3 Å². The molecule has 0 saturated heterocycles. The minimum absolute atomic E-state index is 0.0160. The number of benzene rings is 1. The fraction of sp³-hybridized carbons (Fsp3) is 0.333. The molecular formula is C15H17ClFN3O. The summed E-state index contributed by atoms with van der Waals surface area (Å²) in [7, 11) is 0. The zero-order valence-corrected chi connectivity index (χ0v) is 12.7. The van der Waals surface area contributed by atoms with E-state index in [0.29, 0.717) is 17.5 Å². The summed E-state index contributed by atoms with van der Waals surface area (Å²) < 4.78 is 19.4. The van der Waals surface area contributed by atoms with Crippen LogP contribution in [-0.2, 0) is 6.42 Å². The van der Waals surface area contributed by atoms with Crippen LogP contribution >= 0.6 is 11.6 Å². The fourth-order valence-corrected chi connectivity index (χ4v) is 1.97. The van der Waals surface area contributed by atoms with E-state index in [-0.39, 0.29) is 10.8 Å². The molecule has 2 aromatic rings. The standard InChI is InChI=1S/C15H17ClFN3O/c1-3-6-12-19-13(18-4-2)9-14(20-12)21-11-8-5-7-10(16)15(11)17/h5,7-9H,3-4,6H2,1-2H3,(H,18,19,20). The van der Waals surface area contributed by atoms with E-state index in [1.807, 2.05) is 13.8 Å². The molecular weight excluding hydrogens is 293 g/mol. The summed E-state index contributed by atoms with van der Waals surface area (Å²) in [5, 5.41) is 3.12. The van der Waals surface area contributed by atoms with Crippen molar-refractivity contribution < 1.29 is 9.13 Å². The number of aryl methyl sites for hydroxylation is 1. The molecule has 0 fully saturated rings. The average Bonchev–Trinajstić information content (AvgIpc) is 2.44. The first kappa shape index (κ1) is 15.5. The van der Waals surface area contributed by atoms with Crippen LogP contribution in [0.1, 0.15) is 26.1 Å². The molecule has 0 unspecified atom stereocenters. The molecule has 0 aliphatic rings. The SMILES string of the molecule is CCCc1nc(NCC)cc(Oc2cccc(Cl)c2F)n1. The monoisotopic (exact) mass is 309 g/mol. The number of ether oxygens (including phenoxy) is 1. The van der Waals surface area contributed by atoms with Gasteiger partial charge in [0.25, 0.3) is 0 Å². The van der Waals surface area contributed by atoms with Crippen molar-refractivity contribution in [2.75, 3.05) is 11.9 Å². The molecule has 1 aromatic heterocycles. The summed E-state index contributed by atoms with van der Waals surface area (Å²) in [6.07, 6.45) is 1.65. The highest BCUT2D eigenvalue weighted by molar-refractivity contribution is 6.30. The highest BCUT2D eigenvalue weighted by Crippen LogP contribution is 2.28. The molecule has 0 aliphatic heterocycles. The average molecular weight is 310 g/mol. The Kier molecular flexibility index (Phi) is 5.33. The van der Waals surface area contributed by atoms with Crippen molar-refractivity contribution in [2.45, 2.75) is 26.7 Å². The molecule has 1 heterocycles. The number of nitrogens with zero attached hydrogens (tertiary/aromatic N) is 2. The van der Waals surface area contributed by atoms with E-state index in [9.17, 15) is 4.39 Å². The maximum atomic E-state index is 13.9. The van der Waals surface area contributed by atoms with Gasteiger partial charge in [-0.25, -0.2) is 9.37 Å². The smallest absolute Gasteiger partial charge is 0.224 e. The summed E-state index contributed by atoms with van der Waals surface area (Å²) in [5.74, 6) is 1.07. The topological polar surface area (TPSA) is 47.0 Å². The van der Waals surface area contributed by atoms with E-state index in [1.54, 1.807) is 12.1 Å². The Labute approximate surface area is 128 Å². The number of rotatable bonds is 6. The molecule has 1 N–H and O–H groups in total. The van der Waals surface area contributed by atoms with Crippen molar-refractivity contribution in [3.8, 4) is 11.6 Å². The van der Waals surface area contributed by atoms with Gasteiger partial charge in [0.2, 0.25) is 5.88 Å². The number of halogens is 2. The van der Waals surface area contributed by atoms with Crippen LogP contribution < -0.4 is 10.1 Å². The molecule has 0 aliphatic carbocycles. The maximum Gasteiger partial charge on any atom is 0.224 e. The Balaban J connectivity index is 2.31. The Morgan fingerprint density at radius 3 is 2.81 bits per heavy atom. The second-order valence-electron chi connectivity index (χ2n) is 4.44. The summed E-state index contributed by atoms with van der Waals surface area (Å²) >= 11 is 5.74. The molecule has 0 saturated carbocycles. The number of aromatic nitrogens is 2. The van der Waals surface area contributed by atoms with Crippen molar-refractivity contribution in [2.24, 2.45) is 0 Å². The highest BCUT2D eigenvalue weighted by atomic mass is 35.5. The Hall–Kier alpha value is -1.88. The first-order chi connectivity index (χ1) is 10.1. The van der Waals surface area contributed by atoms with E-state index >= 15 is 0 Å². The van der Waals surface area contributed by atoms with Gasteiger partial charge >= 0.3 is 0 Å². The van der Waals surface area contributed by atoms with E-state index < -0.39 is 5.82 Å². The minimum Gasteiger partial charge on any atom is -0.436 e. The Bertz CT molecular complexity index is 598. The van der Waals surface area contributed by atoms with Gasteiger partial charge < -0.3 is 10.1 Å². The normalized spacial score (nSPS) is 10.5. The largest absolute Gasteiger partial charge is 0.436 e. The van der Waals surface area contributed by atoms with Crippen LogP contribution in [0.15, 0.2) is 24.3 Å². The second-order valence-corrected chi connectivity index (χ2v) is 4.85. The molecule has 21 heavy (non-hydrogen) atoms. The van der Waals surface area contributed by atoms with Crippen LogP contribution in [0.4, 0.5) is 10.2 Å². The van der Waals surface area contributed by atoms with Crippen molar-refractivity contribution >= 4 is 17.4 Å². The molecule has 0 atom stereocenters. The van der Waals surface area contributed by atoms with E-state index in [1.165, 1.54) is 12.1 Å². The van der Waals surface area contributed by atoms with E-state index in [0.717, 1.165) is 19.4 Å². The zero-order chi connectivity index (χ0) is 15.2. The minimum atomic E-state index is -0.597. The van der Waals surface area contributed by atoms with Gasteiger partial charge in [-0.05, 0) is 25.5 Å². The lowest BCUT2D eigenvalue weighted by atomic mass is 10.3. The molecule has 1 aromatic carbocycles. The molecule has 0 bridgehead atoms. The van der Waals surface area contributed by atoms with Gasteiger partial charge in [-0.2, -0.15) is 4.98 Å². The third-order valence-electron chi connectivity index (χ3n) is 2.71. The van der Waals surface area contributed by atoms with Gasteiger partial charge in [-0.3, -0.25) is 0 Å². The predicted octanol–water partition coefficient (Wildman–Crippen LogP) is 4.45. The third-order valence-corrected chi connectivity index (χ3v) is 3.00. The zero-order valence-electron chi connectivity index (χ0n) is 12.0. The molecule has 4 nitrogen and oxygen atoms in total. The number of nitrogens with one attached hydrogen (secondary N) is 1. The Morgan fingerprint density at radius 2 is 2.10 bits per heavy atom. The van der Waals surface area contributed by atoms with Crippen LogP contribution in [0.25, 0.3) is 0 Å². The summed E-state index contributed by atoms with van der Waals surface area (Å²) in [4.78, 5) is 8.66. The van der Waals surface area contributed by atoms with Crippen LogP contribution in [0.5, 0.6) is 11.6 Å². The van der Waals surface area contributed by atoms with Gasteiger partial charge in [0.1, 0.15) is 11.6 Å². The van der Waals surface area contributed by atoms with Crippen molar-refractivity contribution in [1.29, 1.82) is 0 Å². The van der Waals surface area contributed by atoms with Crippen LogP contribution in [0.3, 0.4) is 0 Å². The van der Waals surface area contributed by atoms with Gasteiger partial charge in [0, 0.05) is 19.0 Å². The van der Waals surface area contributed by atoms with E-state index in [2.05, 4.69) is 15.3 Å². The molecule has 0 spiro atoms. The summed E-state index contributed by atoms with van der Waals surface area (Å²) in [5.41, 5.74) is 0. The predicted molar refractivity (Wildman–Crippen MR) is 81.7 cm³/mol. The lowest BCUT2D eigenvalue weighted by molar-refractivity contribution is 0.425. The Morgan fingerprint density at radius 1 is 1.29 bits per heavy atom. The maximum absolute atomic E-state index is 13.9. The lowest BCUT2D eigenvalue weighted by Crippen LogP contribution is -2.05. The first-order valence-corrected chi connectivity index (χ1v) is 7.25. The molecule has 6 heteroatoms. The third kappa shape index (κ3) is 4.04. The molecule has 0 radical (unpaired) electrons. The quantitative estimate of drug-likeness (QED) is 0.856. The number of hydrogen-bond acceptors (Lipinski definition) is 4. The summed E-state index contributed by atoms with van der Waals surface area (Å²) in [6.45, 7) is 4.74. The van der Waals surface area contributed by atoms with Crippen LogP contribution in [-0.4, -0.2) is 16.5 Å². The van der Waals surface area contributed by atoms with Crippen molar-refractivity contribution in [3.63, 3.8) is 0 Å². The van der Waals surface area contributed by atoms with Gasteiger partial charge in [0.15, 0.2) is 11.6 Å². The first-order valence-electron chi connectivity index (χ1n) is 6.87. The van der Waals surface area contributed by atoms with Gasteiger partial charge in [-0.15, -0.1) is 0 Å². The van der Waals surface area contributed by atoms with Crippen LogP contribution in [0.2, 0.25) is 5.02 Å². The van der Waals surface area contributed by atoms with Crippen molar-refractivity contribution in [3.05, 3.63) is 40.9 Å². The fourth-order valence-electron chi connectivity index (χ4n) is 1.81. The molecule has 0 amide bonds. The molecule has 2 rings (SSSR count). The van der Waals surface area contributed by atoms with Crippen LogP contribution in [0, 0.1) is 5.82 Å². The van der Waals surface area contributed by atoms with Gasteiger partial charge in [-0.1, -0.05) is 24.6 Å². The number of anilines is 1. The second kappa shape index (κ2) is 7.22. The lowest BCUT2D eigenvalue weighted by Gasteiger charge is -2.10. The number of hydrogen-bond donors (Lipinski definition) is 1. The van der Waals surface area contributed by atoms with Crippen molar-refractivity contribution in [1.82, 2.24) is 9.97 Å².